The molecule has 3 atom stereocenters. The topological polar surface area (TPSA) is 20.2 Å². The Morgan fingerprint density at radius 2 is 1.95 bits per heavy atom. The van der Waals surface area contributed by atoms with Gasteiger partial charge in [-0.1, -0.05) is 57.2 Å². The lowest BCUT2D eigenvalue weighted by atomic mass is 9.80. The number of benzene rings is 1. The van der Waals surface area contributed by atoms with Gasteiger partial charge in [-0.3, -0.25) is 0 Å². The number of unbranched alkanes of at least 4 members (excludes halogenated alkanes) is 3. The average Bonchev–Trinajstić information content (AvgIpc) is 2.97. The van der Waals surface area contributed by atoms with Crippen LogP contribution in [0.15, 0.2) is 18.2 Å². The van der Waals surface area contributed by atoms with Crippen LogP contribution in [0.3, 0.4) is 0 Å². The number of aliphatic hydroxyl groups is 1. The van der Waals surface area contributed by atoms with Gasteiger partial charge in [-0.05, 0) is 67.1 Å². The Balaban J connectivity index is 1.57. The Morgan fingerprint density at radius 3 is 2.73 bits per heavy atom. The molecule has 3 unspecified atom stereocenters. The molecule has 0 aliphatic heterocycles. The lowest BCUT2D eigenvalue weighted by Crippen LogP contribution is -2.15. The third-order valence-corrected chi connectivity index (χ3v) is 5.90. The second-order valence-electron chi connectivity index (χ2n) is 7.65. The van der Waals surface area contributed by atoms with Gasteiger partial charge in [0.15, 0.2) is 0 Å². The van der Waals surface area contributed by atoms with E-state index in [1.807, 2.05) is 0 Å². The summed E-state index contributed by atoms with van der Waals surface area (Å²) in [5.41, 5.74) is 4.69. The SMILES string of the molecule is CCCCCCC1CCc2cc(C3CCC(O)C3)ccc2C1. The van der Waals surface area contributed by atoms with E-state index in [1.165, 1.54) is 63.4 Å². The van der Waals surface area contributed by atoms with Crippen LogP contribution in [0.5, 0.6) is 0 Å². The number of rotatable bonds is 6. The summed E-state index contributed by atoms with van der Waals surface area (Å²) in [5, 5.41) is 9.75. The number of fused-ring (bicyclic) bond motifs is 1. The minimum atomic E-state index is -0.0615. The van der Waals surface area contributed by atoms with E-state index >= 15 is 0 Å². The van der Waals surface area contributed by atoms with Crippen LogP contribution >= 0.6 is 0 Å². The van der Waals surface area contributed by atoms with Gasteiger partial charge < -0.3 is 5.11 Å². The van der Waals surface area contributed by atoms with Crippen LogP contribution in [0, 0.1) is 5.92 Å². The molecule has 1 heteroatoms. The molecule has 0 radical (unpaired) electrons. The summed E-state index contributed by atoms with van der Waals surface area (Å²) < 4.78 is 0. The highest BCUT2D eigenvalue weighted by Gasteiger charge is 2.25. The van der Waals surface area contributed by atoms with Gasteiger partial charge in [0.2, 0.25) is 0 Å². The van der Waals surface area contributed by atoms with Gasteiger partial charge in [0, 0.05) is 0 Å². The molecule has 1 fully saturated rings. The van der Waals surface area contributed by atoms with Crippen molar-refractivity contribution in [2.24, 2.45) is 5.92 Å². The fourth-order valence-corrected chi connectivity index (χ4v) is 4.47. The lowest BCUT2D eigenvalue weighted by Gasteiger charge is -2.26. The van der Waals surface area contributed by atoms with Crippen molar-refractivity contribution < 1.29 is 5.11 Å². The van der Waals surface area contributed by atoms with Crippen molar-refractivity contribution in [3.8, 4) is 0 Å². The van der Waals surface area contributed by atoms with Crippen molar-refractivity contribution >= 4 is 0 Å². The highest BCUT2D eigenvalue weighted by Crippen LogP contribution is 2.37. The first-order valence-corrected chi connectivity index (χ1v) is 9.56. The monoisotopic (exact) mass is 300 g/mol. The number of hydrogen-bond acceptors (Lipinski definition) is 1. The van der Waals surface area contributed by atoms with E-state index in [2.05, 4.69) is 25.1 Å². The quantitative estimate of drug-likeness (QED) is 0.698. The zero-order valence-corrected chi connectivity index (χ0v) is 14.2. The number of aryl methyl sites for hydroxylation is 1. The van der Waals surface area contributed by atoms with Crippen LogP contribution in [-0.2, 0) is 12.8 Å². The molecule has 3 rings (SSSR count). The molecule has 0 bridgehead atoms. The summed E-state index contributed by atoms with van der Waals surface area (Å²) in [6, 6.07) is 7.21. The maximum absolute atomic E-state index is 9.75. The molecule has 0 amide bonds. The molecule has 0 aromatic heterocycles. The Hall–Kier alpha value is -0.820. The Kier molecular flexibility index (Phi) is 5.57. The molecular formula is C21H32O. The van der Waals surface area contributed by atoms with Crippen LogP contribution < -0.4 is 0 Å². The zero-order valence-electron chi connectivity index (χ0n) is 14.2. The Morgan fingerprint density at radius 1 is 1.05 bits per heavy atom. The summed E-state index contributed by atoms with van der Waals surface area (Å²) in [4.78, 5) is 0. The lowest BCUT2D eigenvalue weighted by molar-refractivity contribution is 0.181. The van der Waals surface area contributed by atoms with E-state index in [0.717, 1.165) is 18.8 Å². The molecule has 1 nitrogen and oxygen atoms in total. The fraction of sp³-hybridized carbons (Fsp3) is 0.714. The second kappa shape index (κ2) is 7.64. The molecule has 122 valence electrons. The van der Waals surface area contributed by atoms with E-state index in [0.29, 0.717) is 5.92 Å². The van der Waals surface area contributed by atoms with Crippen molar-refractivity contribution in [3.63, 3.8) is 0 Å². The third-order valence-electron chi connectivity index (χ3n) is 5.90. The summed E-state index contributed by atoms with van der Waals surface area (Å²) in [6.07, 6.45) is 14.0. The van der Waals surface area contributed by atoms with Crippen LogP contribution in [0.1, 0.15) is 87.3 Å². The van der Waals surface area contributed by atoms with Gasteiger partial charge in [-0.15, -0.1) is 0 Å². The minimum absolute atomic E-state index is 0.0615. The first-order valence-electron chi connectivity index (χ1n) is 9.56. The molecule has 1 saturated carbocycles. The maximum Gasteiger partial charge on any atom is 0.0546 e. The number of hydrogen-bond donors (Lipinski definition) is 1. The molecule has 1 aromatic carbocycles. The molecule has 1 N–H and O–H groups in total. The largest absolute Gasteiger partial charge is 0.393 e. The van der Waals surface area contributed by atoms with E-state index in [1.54, 1.807) is 11.1 Å². The van der Waals surface area contributed by atoms with Gasteiger partial charge in [-0.2, -0.15) is 0 Å². The average molecular weight is 300 g/mol. The summed E-state index contributed by atoms with van der Waals surface area (Å²) >= 11 is 0. The molecule has 2 aliphatic rings. The molecule has 22 heavy (non-hydrogen) atoms. The zero-order chi connectivity index (χ0) is 15.4. The first-order chi connectivity index (χ1) is 10.8. The van der Waals surface area contributed by atoms with Crippen molar-refractivity contribution in [2.75, 3.05) is 0 Å². The van der Waals surface area contributed by atoms with Crippen molar-refractivity contribution in [1.29, 1.82) is 0 Å². The summed E-state index contributed by atoms with van der Waals surface area (Å²) in [5.74, 6) is 1.52. The molecule has 2 aliphatic carbocycles. The molecule has 0 heterocycles. The minimum Gasteiger partial charge on any atom is -0.393 e. The maximum atomic E-state index is 9.75. The Labute approximate surface area is 136 Å². The Bertz CT molecular complexity index is 479. The van der Waals surface area contributed by atoms with Gasteiger partial charge in [-0.25, -0.2) is 0 Å². The van der Waals surface area contributed by atoms with Crippen molar-refractivity contribution in [2.45, 2.75) is 89.6 Å². The summed E-state index contributed by atoms with van der Waals surface area (Å²) in [6.45, 7) is 2.29. The highest BCUT2D eigenvalue weighted by molar-refractivity contribution is 5.36. The van der Waals surface area contributed by atoms with E-state index in [9.17, 15) is 5.11 Å². The standard InChI is InChI=1S/C21H32O/c1-2-3-4-5-6-16-7-8-18-14-19(10-9-17(18)13-16)20-11-12-21(22)15-20/h9-10,14,16,20-22H,2-8,11-13,15H2,1H3. The van der Waals surface area contributed by atoms with E-state index in [4.69, 9.17) is 0 Å². The molecule has 1 aromatic rings. The van der Waals surface area contributed by atoms with Gasteiger partial charge >= 0.3 is 0 Å². The fourth-order valence-electron chi connectivity index (χ4n) is 4.47. The molecule has 0 saturated heterocycles. The van der Waals surface area contributed by atoms with Crippen LogP contribution in [0.2, 0.25) is 0 Å². The van der Waals surface area contributed by atoms with Gasteiger partial charge in [0.25, 0.3) is 0 Å². The molecule has 0 spiro atoms. The predicted molar refractivity (Wildman–Crippen MR) is 93.3 cm³/mol. The predicted octanol–water partition coefficient (Wildman–Crippen LogP) is 5.39. The molecular weight excluding hydrogens is 268 g/mol. The highest BCUT2D eigenvalue weighted by atomic mass is 16.3. The second-order valence-corrected chi connectivity index (χ2v) is 7.65. The van der Waals surface area contributed by atoms with Crippen LogP contribution in [0.25, 0.3) is 0 Å². The normalized spacial score (nSPS) is 27.8. The first kappa shape index (κ1) is 16.1. The van der Waals surface area contributed by atoms with Crippen LogP contribution in [-0.4, -0.2) is 11.2 Å². The summed E-state index contributed by atoms with van der Waals surface area (Å²) in [7, 11) is 0. The van der Waals surface area contributed by atoms with Crippen molar-refractivity contribution in [1.82, 2.24) is 0 Å². The third kappa shape index (κ3) is 3.93. The van der Waals surface area contributed by atoms with Gasteiger partial charge in [0.05, 0.1) is 6.10 Å². The van der Waals surface area contributed by atoms with E-state index in [-0.39, 0.29) is 6.10 Å². The van der Waals surface area contributed by atoms with Crippen LogP contribution in [0.4, 0.5) is 0 Å². The smallest absolute Gasteiger partial charge is 0.0546 e. The van der Waals surface area contributed by atoms with Gasteiger partial charge in [0.1, 0.15) is 0 Å². The van der Waals surface area contributed by atoms with E-state index < -0.39 is 0 Å². The number of aliphatic hydroxyl groups excluding tert-OH is 1. The van der Waals surface area contributed by atoms with Crippen molar-refractivity contribution in [3.05, 3.63) is 34.9 Å².